The lowest BCUT2D eigenvalue weighted by molar-refractivity contribution is -0.170. The van der Waals surface area contributed by atoms with E-state index in [4.69, 9.17) is 25.2 Å². The minimum absolute atomic E-state index is 0.470. The minimum Gasteiger partial charge on any atom is -0.487 e. The lowest BCUT2D eigenvalue weighted by Crippen LogP contribution is -2.42. The highest BCUT2D eigenvalue weighted by atomic mass is 16.5. The van der Waals surface area contributed by atoms with Crippen LogP contribution >= 0.6 is 0 Å². The van der Waals surface area contributed by atoms with Gasteiger partial charge in [-0.2, -0.15) is 0 Å². The Balaban J connectivity index is 0.000000383. The summed E-state index contributed by atoms with van der Waals surface area (Å²) in [6.45, 7) is 4.11. The van der Waals surface area contributed by atoms with Gasteiger partial charge in [-0.05, 0) is 43.9 Å². The van der Waals surface area contributed by atoms with Crippen LogP contribution in [0.25, 0.3) is 0 Å². The molecule has 0 aliphatic rings. The van der Waals surface area contributed by atoms with Crippen molar-refractivity contribution in [2.24, 2.45) is 0 Å². The molecule has 0 spiro atoms. The third-order valence-corrected chi connectivity index (χ3v) is 5.75. The predicted octanol–water partition coefficient (Wildman–Crippen LogP) is 2.37. The fourth-order valence-corrected chi connectivity index (χ4v) is 3.67. The first-order chi connectivity index (χ1) is 19.5. The fourth-order valence-electron chi connectivity index (χ4n) is 3.67. The van der Waals surface area contributed by atoms with Crippen molar-refractivity contribution in [1.82, 2.24) is 19.8 Å². The summed E-state index contributed by atoms with van der Waals surface area (Å²) in [6, 6.07) is 18.2. The summed E-state index contributed by atoms with van der Waals surface area (Å²) in [5.41, 5.74) is 0.587. The Labute approximate surface area is 238 Å². The van der Waals surface area contributed by atoms with Crippen molar-refractivity contribution in [3.8, 4) is 5.75 Å². The molecular formula is C29H36N4O8. The molecule has 220 valence electrons. The van der Waals surface area contributed by atoms with Gasteiger partial charge in [0.2, 0.25) is 0 Å². The standard InChI is InChI=1S/C23H28N4O.C6H8O7/c1-26(2)14-15-27(17-20-8-7-12-24-16-20)18-21-9-3-4-11-23(21)28-19-22-10-5-6-13-25-22;7-3(8)1-6(13,5(11)12)2-4(9)10/h3-13,16H,14-15,17-19H2,1-2H3;13H,1-2H2,(H,7,8)(H,9,10)(H,11,12). The Morgan fingerprint density at radius 1 is 0.854 bits per heavy atom. The van der Waals surface area contributed by atoms with Crippen LogP contribution in [-0.2, 0) is 34.1 Å². The van der Waals surface area contributed by atoms with Crippen molar-refractivity contribution in [2.75, 3.05) is 27.2 Å². The normalized spacial score (nSPS) is 11.0. The molecule has 0 fully saturated rings. The summed E-state index contributed by atoms with van der Waals surface area (Å²) in [4.78, 5) is 43.7. The van der Waals surface area contributed by atoms with Gasteiger partial charge in [-0.25, -0.2) is 4.79 Å². The molecule has 0 saturated heterocycles. The second kappa shape index (κ2) is 16.7. The summed E-state index contributed by atoms with van der Waals surface area (Å²) in [5, 5.41) is 33.8. The highest BCUT2D eigenvalue weighted by molar-refractivity contribution is 5.88. The zero-order valence-electron chi connectivity index (χ0n) is 23.1. The maximum atomic E-state index is 10.3. The van der Waals surface area contributed by atoms with Crippen LogP contribution in [0.1, 0.15) is 29.7 Å². The minimum atomic E-state index is -2.74. The van der Waals surface area contributed by atoms with Crippen molar-refractivity contribution in [3.05, 3.63) is 90.0 Å². The van der Waals surface area contributed by atoms with Crippen LogP contribution in [0.2, 0.25) is 0 Å². The highest BCUT2D eigenvalue weighted by Crippen LogP contribution is 2.22. The molecule has 3 rings (SSSR count). The first kappa shape index (κ1) is 32.8. The Morgan fingerprint density at radius 3 is 2.10 bits per heavy atom. The van der Waals surface area contributed by atoms with Gasteiger partial charge in [0.05, 0.1) is 18.5 Å². The molecule has 0 unspecified atom stereocenters. The number of hydrogen-bond donors (Lipinski definition) is 4. The average molecular weight is 569 g/mol. The van der Waals surface area contributed by atoms with Gasteiger partial charge < -0.3 is 30.1 Å². The fraction of sp³-hybridized carbons (Fsp3) is 0.345. The van der Waals surface area contributed by atoms with Crippen molar-refractivity contribution < 1.29 is 39.5 Å². The Morgan fingerprint density at radius 2 is 1.54 bits per heavy atom. The SMILES string of the molecule is CN(C)CCN(Cc1cccnc1)Cc1ccccc1OCc1ccccn1.O=C(O)CC(O)(CC(=O)O)C(=O)O. The molecule has 0 atom stereocenters. The summed E-state index contributed by atoms with van der Waals surface area (Å²) in [7, 11) is 4.21. The molecule has 1 aromatic carbocycles. The van der Waals surface area contributed by atoms with E-state index in [0.717, 1.165) is 37.6 Å². The van der Waals surface area contributed by atoms with Crippen LogP contribution in [0, 0.1) is 0 Å². The van der Waals surface area contributed by atoms with E-state index in [1.165, 1.54) is 11.1 Å². The lowest BCUT2D eigenvalue weighted by atomic mass is 9.96. The average Bonchev–Trinajstić information content (AvgIpc) is 2.92. The van der Waals surface area contributed by atoms with Crippen LogP contribution in [0.4, 0.5) is 0 Å². The van der Waals surface area contributed by atoms with E-state index < -0.39 is 36.4 Å². The number of carboxylic acid groups (broad SMARTS) is 3. The Bertz CT molecular complexity index is 1230. The van der Waals surface area contributed by atoms with Gasteiger partial charge in [0.15, 0.2) is 5.60 Å². The van der Waals surface area contributed by atoms with Gasteiger partial charge in [-0.1, -0.05) is 30.3 Å². The number of aromatic nitrogens is 2. The smallest absolute Gasteiger partial charge is 0.336 e. The van der Waals surface area contributed by atoms with Crippen LogP contribution in [0.15, 0.2) is 73.2 Å². The number of ether oxygens (including phenoxy) is 1. The van der Waals surface area contributed by atoms with Crippen molar-refractivity contribution in [1.29, 1.82) is 0 Å². The van der Waals surface area contributed by atoms with E-state index in [-0.39, 0.29) is 0 Å². The van der Waals surface area contributed by atoms with E-state index in [1.54, 1.807) is 6.20 Å². The van der Waals surface area contributed by atoms with Gasteiger partial charge in [0.25, 0.3) is 0 Å². The molecular weight excluding hydrogens is 532 g/mol. The largest absolute Gasteiger partial charge is 0.487 e. The van der Waals surface area contributed by atoms with Crippen molar-refractivity contribution in [2.45, 2.75) is 38.1 Å². The van der Waals surface area contributed by atoms with Crippen LogP contribution in [0.5, 0.6) is 5.75 Å². The maximum absolute atomic E-state index is 10.3. The second-order valence-electron chi connectivity index (χ2n) is 9.57. The van der Waals surface area contributed by atoms with Crippen LogP contribution in [-0.4, -0.2) is 90.9 Å². The van der Waals surface area contributed by atoms with Crippen molar-refractivity contribution in [3.63, 3.8) is 0 Å². The molecule has 4 N–H and O–H groups in total. The summed E-state index contributed by atoms with van der Waals surface area (Å²) < 4.78 is 6.09. The van der Waals surface area contributed by atoms with Gasteiger partial charge in [-0.15, -0.1) is 0 Å². The third kappa shape index (κ3) is 12.6. The summed E-state index contributed by atoms with van der Waals surface area (Å²) >= 11 is 0. The van der Waals surface area contributed by atoms with Crippen LogP contribution in [0.3, 0.4) is 0 Å². The molecule has 0 amide bonds. The molecule has 3 aromatic rings. The Hall–Kier alpha value is -4.39. The lowest BCUT2D eigenvalue weighted by Gasteiger charge is -2.25. The number of pyridine rings is 2. The van der Waals surface area contributed by atoms with E-state index in [0.29, 0.717) is 6.61 Å². The number of hydrogen-bond acceptors (Lipinski definition) is 9. The number of carboxylic acids is 3. The van der Waals surface area contributed by atoms with E-state index in [2.05, 4.69) is 52.1 Å². The molecule has 12 nitrogen and oxygen atoms in total. The van der Waals surface area contributed by atoms with E-state index in [1.807, 2.05) is 48.8 Å². The molecule has 12 heteroatoms. The molecule has 0 bridgehead atoms. The number of aliphatic hydroxyl groups is 1. The number of rotatable bonds is 15. The number of aliphatic carboxylic acids is 3. The van der Waals surface area contributed by atoms with E-state index >= 15 is 0 Å². The van der Waals surface area contributed by atoms with Gasteiger partial charge in [0, 0.05) is 50.3 Å². The first-order valence-corrected chi connectivity index (χ1v) is 12.7. The molecule has 0 radical (unpaired) electrons. The third-order valence-electron chi connectivity index (χ3n) is 5.75. The Kier molecular flexibility index (Phi) is 13.3. The molecule has 0 aliphatic heterocycles. The second-order valence-corrected chi connectivity index (χ2v) is 9.57. The van der Waals surface area contributed by atoms with E-state index in [9.17, 15) is 14.4 Å². The quantitative estimate of drug-likeness (QED) is 0.211. The predicted molar refractivity (Wildman–Crippen MR) is 149 cm³/mol. The summed E-state index contributed by atoms with van der Waals surface area (Å²) in [5.74, 6) is -4.11. The molecule has 0 aliphatic carbocycles. The monoisotopic (exact) mass is 568 g/mol. The van der Waals surface area contributed by atoms with Gasteiger partial charge in [-0.3, -0.25) is 24.5 Å². The number of benzene rings is 1. The topological polar surface area (TPSA) is 174 Å². The van der Waals surface area contributed by atoms with Crippen LogP contribution < -0.4 is 4.74 Å². The number of carbonyl (C=O) groups is 3. The number of nitrogens with zero attached hydrogens (tertiary/aromatic N) is 4. The first-order valence-electron chi connectivity index (χ1n) is 12.7. The van der Waals surface area contributed by atoms with Crippen molar-refractivity contribution >= 4 is 17.9 Å². The zero-order chi connectivity index (χ0) is 30.3. The molecule has 41 heavy (non-hydrogen) atoms. The highest BCUT2D eigenvalue weighted by Gasteiger charge is 2.40. The molecule has 2 heterocycles. The molecule has 2 aromatic heterocycles. The number of likely N-dealkylation sites (N-methyl/N-ethyl adjacent to an activating group) is 1. The number of para-hydroxylation sites is 1. The summed E-state index contributed by atoms with van der Waals surface area (Å²) in [6.07, 6.45) is 3.26. The van der Waals surface area contributed by atoms with Gasteiger partial charge in [0.1, 0.15) is 12.4 Å². The maximum Gasteiger partial charge on any atom is 0.336 e. The molecule has 0 saturated carbocycles. The zero-order valence-corrected chi connectivity index (χ0v) is 23.1. The van der Waals surface area contributed by atoms with Gasteiger partial charge >= 0.3 is 17.9 Å².